The van der Waals surface area contributed by atoms with Gasteiger partial charge in [-0.15, -0.1) is 11.3 Å². The average Bonchev–Trinajstić information content (AvgIpc) is 2.97. The number of ether oxygens (including phenoxy) is 1. The van der Waals surface area contributed by atoms with Gasteiger partial charge >= 0.3 is 0 Å². The van der Waals surface area contributed by atoms with Gasteiger partial charge in [0.15, 0.2) is 6.61 Å². The first-order chi connectivity index (χ1) is 10.6. The summed E-state index contributed by atoms with van der Waals surface area (Å²) in [6.07, 6.45) is 1.38. The minimum Gasteiger partial charge on any atom is -0.467 e. The number of amides is 1. The molecule has 2 aromatic heterocycles. The van der Waals surface area contributed by atoms with E-state index in [1.165, 1.54) is 29.8 Å². The van der Waals surface area contributed by atoms with E-state index in [0.29, 0.717) is 10.4 Å². The van der Waals surface area contributed by atoms with Crippen LogP contribution in [0.3, 0.4) is 0 Å². The lowest BCUT2D eigenvalue weighted by Gasteiger charge is -2.08. The number of nitrogens with one attached hydrogen (secondary N) is 1. The van der Waals surface area contributed by atoms with Crippen LogP contribution in [0.25, 0.3) is 10.2 Å². The van der Waals surface area contributed by atoms with Crippen LogP contribution in [0.1, 0.15) is 0 Å². The first-order valence-electron chi connectivity index (χ1n) is 6.19. The van der Waals surface area contributed by atoms with Gasteiger partial charge < -0.3 is 10.1 Å². The van der Waals surface area contributed by atoms with Crippen molar-refractivity contribution in [1.29, 1.82) is 0 Å². The molecule has 2 heterocycles. The largest absolute Gasteiger partial charge is 0.467 e. The van der Waals surface area contributed by atoms with Gasteiger partial charge in [-0.05, 0) is 29.6 Å². The van der Waals surface area contributed by atoms with E-state index in [-0.39, 0.29) is 12.3 Å². The number of fused-ring (bicyclic) bond motifs is 1. The van der Waals surface area contributed by atoms with Gasteiger partial charge in [-0.1, -0.05) is 15.9 Å². The Bertz CT molecular complexity index is 840. The van der Waals surface area contributed by atoms with Gasteiger partial charge in [-0.25, -0.2) is 14.4 Å². The van der Waals surface area contributed by atoms with Crippen molar-refractivity contribution in [2.45, 2.75) is 0 Å². The van der Waals surface area contributed by atoms with Crippen molar-refractivity contribution in [1.82, 2.24) is 9.97 Å². The first-order valence-corrected chi connectivity index (χ1v) is 7.86. The second-order valence-corrected chi connectivity index (χ2v) is 6.09. The maximum Gasteiger partial charge on any atom is 0.262 e. The fourth-order valence-electron chi connectivity index (χ4n) is 1.79. The normalized spacial score (nSPS) is 10.6. The van der Waals surface area contributed by atoms with Gasteiger partial charge in [0.05, 0.1) is 11.1 Å². The van der Waals surface area contributed by atoms with E-state index in [0.717, 1.165) is 10.2 Å². The Labute approximate surface area is 137 Å². The Morgan fingerprint density at radius 2 is 2.23 bits per heavy atom. The molecule has 0 atom stereocenters. The van der Waals surface area contributed by atoms with E-state index in [2.05, 4.69) is 31.2 Å². The lowest BCUT2D eigenvalue weighted by Crippen LogP contribution is -2.21. The molecular weight excluding hydrogens is 373 g/mol. The van der Waals surface area contributed by atoms with E-state index < -0.39 is 11.7 Å². The van der Waals surface area contributed by atoms with Gasteiger partial charge in [0.2, 0.25) is 5.88 Å². The zero-order valence-electron chi connectivity index (χ0n) is 11.0. The Balaban J connectivity index is 1.66. The van der Waals surface area contributed by atoms with Crippen molar-refractivity contribution in [2.75, 3.05) is 11.9 Å². The molecule has 0 saturated carbocycles. The number of carbonyl (C=O) groups is 1. The Kier molecular flexibility index (Phi) is 4.30. The number of anilines is 1. The molecule has 0 radical (unpaired) electrons. The molecule has 5 nitrogen and oxygen atoms in total. The molecule has 0 bridgehead atoms. The highest BCUT2D eigenvalue weighted by Crippen LogP contribution is 2.25. The smallest absolute Gasteiger partial charge is 0.262 e. The molecule has 0 fully saturated rings. The summed E-state index contributed by atoms with van der Waals surface area (Å²) in [5, 5.41) is 5.06. The molecule has 112 valence electrons. The van der Waals surface area contributed by atoms with Crippen LogP contribution in [0.5, 0.6) is 5.88 Å². The summed E-state index contributed by atoms with van der Waals surface area (Å²) in [7, 11) is 0. The van der Waals surface area contributed by atoms with Gasteiger partial charge in [-0.3, -0.25) is 4.79 Å². The fourth-order valence-corrected chi connectivity index (χ4v) is 2.85. The summed E-state index contributed by atoms with van der Waals surface area (Å²) in [5.41, 5.74) is 0.0974. The minimum absolute atomic E-state index is 0.0974. The second kappa shape index (κ2) is 6.37. The minimum atomic E-state index is -0.523. The molecule has 0 aliphatic rings. The number of aromatic nitrogens is 2. The summed E-state index contributed by atoms with van der Waals surface area (Å²) in [6.45, 7) is -0.266. The molecule has 1 N–H and O–H groups in total. The zero-order valence-corrected chi connectivity index (χ0v) is 13.4. The van der Waals surface area contributed by atoms with Gasteiger partial charge in [0, 0.05) is 4.47 Å². The van der Waals surface area contributed by atoms with E-state index in [1.807, 2.05) is 11.4 Å². The average molecular weight is 382 g/mol. The molecule has 0 saturated heterocycles. The van der Waals surface area contributed by atoms with Crippen LogP contribution in [0.2, 0.25) is 0 Å². The van der Waals surface area contributed by atoms with E-state index in [1.54, 1.807) is 6.07 Å². The second-order valence-electron chi connectivity index (χ2n) is 4.28. The SMILES string of the molecule is O=C(COc1ncnc2sccc12)Nc1ccc(Br)cc1F. The lowest BCUT2D eigenvalue weighted by atomic mass is 10.3. The summed E-state index contributed by atoms with van der Waals surface area (Å²) in [6, 6.07) is 6.20. The van der Waals surface area contributed by atoms with Crippen molar-refractivity contribution >= 4 is 49.1 Å². The van der Waals surface area contributed by atoms with Crippen molar-refractivity contribution in [3.8, 4) is 5.88 Å². The van der Waals surface area contributed by atoms with E-state index in [9.17, 15) is 9.18 Å². The Hall–Kier alpha value is -2.06. The molecular formula is C14H9BrFN3O2S. The van der Waals surface area contributed by atoms with Gasteiger partial charge in [0.25, 0.3) is 5.91 Å². The predicted octanol–water partition coefficient (Wildman–Crippen LogP) is 3.61. The highest BCUT2D eigenvalue weighted by atomic mass is 79.9. The first kappa shape index (κ1) is 14.9. The quantitative estimate of drug-likeness (QED) is 0.749. The topological polar surface area (TPSA) is 64.1 Å². The van der Waals surface area contributed by atoms with Crippen molar-refractivity contribution in [3.05, 3.63) is 46.3 Å². The number of rotatable bonds is 4. The number of benzene rings is 1. The zero-order chi connectivity index (χ0) is 15.5. The van der Waals surface area contributed by atoms with Crippen LogP contribution in [-0.2, 0) is 4.79 Å². The molecule has 1 aromatic carbocycles. The molecule has 22 heavy (non-hydrogen) atoms. The Morgan fingerprint density at radius 3 is 3.05 bits per heavy atom. The van der Waals surface area contributed by atoms with Gasteiger partial charge in [0.1, 0.15) is 17.0 Å². The third-order valence-electron chi connectivity index (χ3n) is 2.77. The summed E-state index contributed by atoms with van der Waals surface area (Å²) >= 11 is 4.61. The molecule has 8 heteroatoms. The molecule has 3 aromatic rings. The maximum absolute atomic E-state index is 13.6. The standard InChI is InChI=1S/C14H9BrFN3O2S/c15-8-1-2-11(10(16)5-8)19-12(20)6-21-13-9-3-4-22-14(9)18-7-17-13/h1-5,7H,6H2,(H,19,20). The van der Waals surface area contributed by atoms with Crippen molar-refractivity contribution in [3.63, 3.8) is 0 Å². The van der Waals surface area contributed by atoms with Crippen LogP contribution in [-0.4, -0.2) is 22.5 Å². The van der Waals surface area contributed by atoms with E-state index in [4.69, 9.17) is 4.74 Å². The number of nitrogens with zero attached hydrogens (tertiary/aromatic N) is 2. The number of halogens is 2. The summed E-state index contributed by atoms with van der Waals surface area (Å²) in [4.78, 5) is 20.7. The maximum atomic E-state index is 13.6. The van der Waals surface area contributed by atoms with Crippen molar-refractivity contribution < 1.29 is 13.9 Å². The third kappa shape index (κ3) is 3.23. The molecule has 0 unspecified atom stereocenters. The highest BCUT2D eigenvalue weighted by molar-refractivity contribution is 9.10. The number of hydrogen-bond donors (Lipinski definition) is 1. The van der Waals surface area contributed by atoms with E-state index >= 15 is 0 Å². The summed E-state index contributed by atoms with van der Waals surface area (Å²) < 4.78 is 19.6. The Morgan fingerprint density at radius 1 is 1.36 bits per heavy atom. The number of thiophene rings is 1. The molecule has 0 aliphatic heterocycles. The highest BCUT2D eigenvalue weighted by Gasteiger charge is 2.11. The van der Waals surface area contributed by atoms with Crippen LogP contribution in [0.15, 0.2) is 40.4 Å². The molecule has 3 rings (SSSR count). The number of hydrogen-bond acceptors (Lipinski definition) is 5. The van der Waals surface area contributed by atoms with Crippen LogP contribution in [0, 0.1) is 5.82 Å². The summed E-state index contributed by atoms with van der Waals surface area (Å²) in [5.74, 6) is -0.661. The van der Waals surface area contributed by atoms with Crippen molar-refractivity contribution in [2.24, 2.45) is 0 Å². The third-order valence-corrected chi connectivity index (χ3v) is 4.08. The molecule has 0 spiro atoms. The fraction of sp³-hybridized carbons (Fsp3) is 0.0714. The van der Waals surface area contributed by atoms with Crippen LogP contribution >= 0.6 is 27.3 Å². The molecule has 1 amide bonds. The van der Waals surface area contributed by atoms with Gasteiger partial charge in [-0.2, -0.15) is 0 Å². The molecule has 0 aliphatic carbocycles. The lowest BCUT2D eigenvalue weighted by molar-refractivity contribution is -0.118. The van der Waals surface area contributed by atoms with Crippen LogP contribution in [0.4, 0.5) is 10.1 Å². The predicted molar refractivity (Wildman–Crippen MR) is 85.6 cm³/mol. The van der Waals surface area contributed by atoms with Crippen LogP contribution < -0.4 is 10.1 Å². The number of carbonyl (C=O) groups excluding carboxylic acids is 1. The monoisotopic (exact) mass is 381 g/mol.